The summed E-state index contributed by atoms with van der Waals surface area (Å²) in [4.78, 5) is 10.2. The molecule has 0 saturated heterocycles. The Labute approximate surface area is 122 Å². The van der Waals surface area contributed by atoms with E-state index in [-0.39, 0.29) is 17.9 Å². The van der Waals surface area contributed by atoms with Gasteiger partial charge in [-0.25, -0.2) is 8.42 Å². The highest BCUT2D eigenvalue weighted by atomic mass is 32.2. The van der Waals surface area contributed by atoms with E-state index in [9.17, 15) is 23.4 Å². The van der Waals surface area contributed by atoms with Gasteiger partial charge in [-0.2, -0.15) is 4.72 Å². The Morgan fingerprint density at radius 2 is 1.81 bits per heavy atom. The molecule has 21 heavy (non-hydrogen) atoms. The number of nitrogens with two attached hydrogens (primary N) is 1. The summed E-state index contributed by atoms with van der Waals surface area (Å²) in [6.07, 6.45) is -2.00. The predicted octanol–water partition coefficient (Wildman–Crippen LogP) is -1.21. The molecule has 1 aromatic rings. The fourth-order valence-electron chi connectivity index (χ4n) is 1.64. The number of rotatable bonds is 8. The Hall–Kier alpha value is -1.52. The number of sulfonamides is 1. The summed E-state index contributed by atoms with van der Waals surface area (Å²) >= 11 is 0. The van der Waals surface area contributed by atoms with Crippen molar-refractivity contribution in [2.24, 2.45) is 5.73 Å². The van der Waals surface area contributed by atoms with Crippen LogP contribution >= 0.6 is 0 Å². The lowest BCUT2D eigenvalue weighted by atomic mass is 10.0. The number of benzene rings is 1. The maximum atomic E-state index is 11.8. The third-order valence-corrected chi connectivity index (χ3v) is 4.19. The first kappa shape index (κ1) is 17.5. The number of carbonyl (C=O) groups is 1. The average Bonchev–Trinajstić information content (AvgIpc) is 2.45. The Morgan fingerprint density at radius 3 is 2.29 bits per heavy atom. The van der Waals surface area contributed by atoms with Crippen LogP contribution in [0, 0.1) is 0 Å². The lowest BCUT2D eigenvalue weighted by Gasteiger charge is -2.17. The van der Waals surface area contributed by atoms with Gasteiger partial charge in [-0.05, 0) is 30.7 Å². The minimum Gasteiger partial charge on any atom is -0.480 e. The van der Waals surface area contributed by atoms with Crippen molar-refractivity contribution < 1.29 is 28.5 Å². The highest BCUT2D eigenvalue weighted by Gasteiger charge is 2.19. The van der Waals surface area contributed by atoms with Crippen molar-refractivity contribution in [3.63, 3.8) is 0 Å². The molecule has 1 rings (SSSR count). The van der Waals surface area contributed by atoms with Gasteiger partial charge in [0.15, 0.2) is 0 Å². The van der Waals surface area contributed by atoms with Crippen LogP contribution in [0.1, 0.15) is 18.1 Å². The zero-order valence-electron chi connectivity index (χ0n) is 11.1. The number of carboxylic acids is 1. The molecule has 0 radical (unpaired) electrons. The molecule has 2 unspecified atom stereocenters. The van der Waals surface area contributed by atoms with Crippen molar-refractivity contribution in [3.05, 3.63) is 29.8 Å². The second kappa shape index (κ2) is 7.48. The summed E-state index contributed by atoms with van der Waals surface area (Å²) in [7, 11) is -3.92. The molecule has 0 aliphatic rings. The molecule has 0 heterocycles. The van der Waals surface area contributed by atoms with E-state index in [4.69, 9.17) is 10.8 Å². The van der Waals surface area contributed by atoms with Gasteiger partial charge in [0.05, 0.1) is 11.0 Å². The van der Waals surface area contributed by atoms with Crippen LogP contribution in [0.15, 0.2) is 29.2 Å². The smallest absolute Gasteiger partial charge is 0.318 e. The Morgan fingerprint density at radius 1 is 1.24 bits per heavy atom. The molecular weight excluding hydrogens is 300 g/mol. The van der Waals surface area contributed by atoms with E-state index in [1.807, 2.05) is 4.72 Å². The maximum Gasteiger partial charge on any atom is 0.318 e. The van der Waals surface area contributed by atoms with Crippen molar-refractivity contribution in [2.75, 3.05) is 13.1 Å². The largest absolute Gasteiger partial charge is 0.480 e. The van der Waals surface area contributed by atoms with Crippen LogP contribution in [0.2, 0.25) is 0 Å². The molecule has 0 aliphatic carbocycles. The molecule has 0 aromatic heterocycles. The SMILES string of the molecule is NCCC(O)C(O)c1ccc(S(=O)(=O)NCC(=O)O)cc1. The van der Waals surface area contributed by atoms with Crippen LogP contribution in [0.5, 0.6) is 0 Å². The van der Waals surface area contributed by atoms with E-state index in [1.54, 1.807) is 0 Å². The van der Waals surface area contributed by atoms with Gasteiger partial charge in [0.1, 0.15) is 12.6 Å². The third kappa shape index (κ3) is 5.06. The van der Waals surface area contributed by atoms with Gasteiger partial charge in [-0.15, -0.1) is 0 Å². The summed E-state index contributed by atoms with van der Waals surface area (Å²) in [5.74, 6) is -1.30. The van der Waals surface area contributed by atoms with Gasteiger partial charge in [0.2, 0.25) is 10.0 Å². The molecule has 0 aliphatic heterocycles. The topological polar surface area (TPSA) is 150 Å². The number of aliphatic hydroxyl groups excluding tert-OH is 2. The lowest BCUT2D eigenvalue weighted by Crippen LogP contribution is -2.29. The molecule has 6 N–H and O–H groups in total. The first-order valence-corrected chi connectivity index (χ1v) is 7.64. The molecular formula is C12H18N2O6S. The van der Waals surface area contributed by atoms with Crippen LogP contribution in [-0.2, 0) is 14.8 Å². The molecule has 0 bridgehead atoms. The molecule has 9 heteroatoms. The number of aliphatic carboxylic acids is 1. The van der Waals surface area contributed by atoms with Crippen LogP contribution in [0.3, 0.4) is 0 Å². The summed E-state index contributed by atoms with van der Waals surface area (Å²) < 4.78 is 25.4. The van der Waals surface area contributed by atoms with E-state index in [0.717, 1.165) is 0 Å². The minimum atomic E-state index is -3.92. The predicted molar refractivity (Wildman–Crippen MR) is 73.9 cm³/mol. The van der Waals surface area contributed by atoms with Crippen LogP contribution < -0.4 is 10.5 Å². The third-order valence-electron chi connectivity index (χ3n) is 2.77. The molecule has 0 fully saturated rings. The fraction of sp³-hybridized carbons (Fsp3) is 0.417. The number of nitrogens with one attached hydrogen (secondary N) is 1. The van der Waals surface area contributed by atoms with E-state index < -0.39 is 34.7 Å². The van der Waals surface area contributed by atoms with Crippen LogP contribution in [-0.4, -0.2) is 48.9 Å². The van der Waals surface area contributed by atoms with Gasteiger partial charge in [-0.1, -0.05) is 12.1 Å². The normalized spacial score (nSPS) is 14.6. The standard InChI is InChI=1S/C12H18N2O6S/c13-6-5-10(15)12(18)8-1-3-9(4-2-8)21(19,20)14-7-11(16)17/h1-4,10,12,14-15,18H,5-7,13H2,(H,16,17). The van der Waals surface area contributed by atoms with Crippen LogP contribution in [0.25, 0.3) is 0 Å². The number of hydrogen-bond donors (Lipinski definition) is 5. The summed E-state index contributed by atoms with van der Waals surface area (Å²) in [6, 6.07) is 5.13. The van der Waals surface area contributed by atoms with Gasteiger partial charge in [0.25, 0.3) is 0 Å². The highest BCUT2D eigenvalue weighted by molar-refractivity contribution is 7.89. The second-order valence-corrected chi connectivity index (χ2v) is 6.14. The molecule has 118 valence electrons. The Balaban J connectivity index is 2.84. The van der Waals surface area contributed by atoms with E-state index in [0.29, 0.717) is 5.56 Å². The maximum absolute atomic E-state index is 11.8. The summed E-state index contributed by atoms with van der Waals surface area (Å²) in [6.45, 7) is -0.508. The Bertz CT molecular complexity index is 572. The minimum absolute atomic E-state index is 0.131. The molecule has 0 amide bonds. The fourth-order valence-corrected chi connectivity index (χ4v) is 2.61. The quantitative estimate of drug-likeness (QED) is 0.403. The number of hydrogen-bond acceptors (Lipinski definition) is 6. The molecule has 0 saturated carbocycles. The molecule has 1 aromatic carbocycles. The van der Waals surface area contributed by atoms with Crippen molar-refractivity contribution in [2.45, 2.75) is 23.5 Å². The van der Waals surface area contributed by atoms with Crippen molar-refractivity contribution in [1.82, 2.24) is 4.72 Å². The van der Waals surface area contributed by atoms with Crippen molar-refractivity contribution in [1.29, 1.82) is 0 Å². The summed E-state index contributed by atoms with van der Waals surface area (Å²) in [5, 5.41) is 27.9. The zero-order chi connectivity index (χ0) is 16.0. The van der Waals surface area contributed by atoms with E-state index in [2.05, 4.69) is 0 Å². The molecule has 2 atom stereocenters. The first-order chi connectivity index (χ1) is 9.77. The summed E-state index contributed by atoms with van der Waals surface area (Å²) in [5.41, 5.74) is 5.62. The van der Waals surface area contributed by atoms with Crippen LogP contribution in [0.4, 0.5) is 0 Å². The van der Waals surface area contributed by atoms with Gasteiger partial charge >= 0.3 is 5.97 Å². The lowest BCUT2D eigenvalue weighted by molar-refractivity contribution is -0.135. The number of aliphatic hydroxyl groups is 2. The van der Waals surface area contributed by atoms with E-state index >= 15 is 0 Å². The average molecular weight is 318 g/mol. The highest BCUT2D eigenvalue weighted by Crippen LogP contribution is 2.20. The Kier molecular flexibility index (Phi) is 6.24. The number of carboxylic acid groups (broad SMARTS) is 1. The van der Waals surface area contributed by atoms with Gasteiger partial charge in [0, 0.05) is 0 Å². The van der Waals surface area contributed by atoms with Crippen molar-refractivity contribution in [3.8, 4) is 0 Å². The second-order valence-electron chi connectivity index (χ2n) is 4.38. The van der Waals surface area contributed by atoms with Gasteiger partial charge < -0.3 is 21.1 Å². The zero-order valence-corrected chi connectivity index (χ0v) is 12.0. The van der Waals surface area contributed by atoms with Gasteiger partial charge in [-0.3, -0.25) is 4.79 Å². The van der Waals surface area contributed by atoms with Crippen molar-refractivity contribution >= 4 is 16.0 Å². The monoisotopic (exact) mass is 318 g/mol. The first-order valence-electron chi connectivity index (χ1n) is 6.15. The molecule has 8 nitrogen and oxygen atoms in total. The molecule has 0 spiro atoms. The van der Waals surface area contributed by atoms with E-state index in [1.165, 1.54) is 24.3 Å².